The molecule has 0 radical (unpaired) electrons. The van der Waals surface area contributed by atoms with Crippen LogP contribution in [0.25, 0.3) is 0 Å². The van der Waals surface area contributed by atoms with Gasteiger partial charge in [-0.1, -0.05) is 26.7 Å². The van der Waals surface area contributed by atoms with E-state index >= 15 is 0 Å². The summed E-state index contributed by atoms with van der Waals surface area (Å²) in [5.41, 5.74) is 0.498. The lowest BCUT2D eigenvalue weighted by Crippen LogP contribution is -2.38. The van der Waals surface area contributed by atoms with Gasteiger partial charge in [-0.2, -0.15) is 0 Å². The summed E-state index contributed by atoms with van der Waals surface area (Å²) in [4.78, 5) is 22.7. The van der Waals surface area contributed by atoms with Crippen LogP contribution >= 0.6 is 0 Å². The van der Waals surface area contributed by atoms with Crippen molar-refractivity contribution in [2.75, 3.05) is 25.0 Å². The first-order valence-electron chi connectivity index (χ1n) is 8.06. The van der Waals surface area contributed by atoms with Crippen LogP contribution in [-0.4, -0.2) is 40.4 Å². The average molecular weight is 290 g/mol. The van der Waals surface area contributed by atoms with Crippen molar-refractivity contribution in [2.24, 2.45) is 5.92 Å². The fourth-order valence-corrected chi connectivity index (χ4v) is 2.54. The highest BCUT2D eigenvalue weighted by molar-refractivity contribution is 5.92. The first kappa shape index (κ1) is 15.7. The Morgan fingerprint density at radius 3 is 2.81 bits per heavy atom. The van der Waals surface area contributed by atoms with Gasteiger partial charge in [-0.3, -0.25) is 4.79 Å². The Hall–Kier alpha value is -1.65. The molecule has 1 aliphatic rings. The van der Waals surface area contributed by atoms with E-state index in [1.807, 2.05) is 4.90 Å². The van der Waals surface area contributed by atoms with E-state index in [0.29, 0.717) is 5.69 Å². The van der Waals surface area contributed by atoms with Gasteiger partial charge < -0.3 is 10.2 Å². The maximum absolute atomic E-state index is 12.4. The number of aromatic nitrogens is 2. The fourth-order valence-electron chi connectivity index (χ4n) is 2.54. The van der Waals surface area contributed by atoms with Gasteiger partial charge in [0.1, 0.15) is 17.8 Å². The van der Waals surface area contributed by atoms with Crippen LogP contribution in [0.4, 0.5) is 5.82 Å². The third-order valence-corrected chi connectivity index (χ3v) is 4.04. The number of likely N-dealkylation sites (tertiary alicyclic amines) is 1. The number of piperidine rings is 1. The summed E-state index contributed by atoms with van der Waals surface area (Å²) in [6.07, 6.45) is 7.16. The summed E-state index contributed by atoms with van der Waals surface area (Å²) in [6.45, 7) is 6.98. The van der Waals surface area contributed by atoms with Crippen molar-refractivity contribution in [1.29, 1.82) is 0 Å². The predicted molar refractivity (Wildman–Crippen MR) is 84.3 cm³/mol. The molecule has 1 aromatic rings. The Morgan fingerprint density at radius 1 is 1.33 bits per heavy atom. The summed E-state index contributed by atoms with van der Waals surface area (Å²) in [5, 5.41) is 3.26. The van der Waals surface area contributed by atoms with E-state index in [1.54, 1.807) is 6.07 Å². The van der Waals surface area contributed by atoms with Crippen LogP contribution in [0.3, 0.4) is 0 Å². The lowest BCUT2D eigenvalue weighted by Gasteiger charge is -2.30. The molecule has 21 heavy (non-hydrogen) atoms. The van der Waals surface area contributed by atoms with Crippen LogP contribution in [-0.2, 0) is 0 Å². The lowest BCUT2D eigenvalue weighted by atomic mass is 9.99. The van der Waals surface area contributed by atoms with Crippen LogP contribution < -0.4 is 5.32 Å². The van der Waals surface area contributed by atoms with Crippen LogP contribution in [0.1, 0.15) is 56.4 Å². The number of carbonyl (C=O) groups is 1. The van der Waals surface area contributed by atoms with Crippen molar-refractivity contribution in [3.63, 3.8) is 0 Å². The Balaban J connectivity index is 1.91. The molecule has 1 N–H and O–H groups in total. The first-order chi connectivity index (χ1) is 10.2. The molecule has 0 aliphatic carbocycles. The summed E-state index contributed by atoms with van der Waals surface area (Å²) < 4.78 is 0. The number of nitrogens with zero attached hydrogens (tertiary/aromatic N) is 3. The number of hydrogen-bond acceptors (Lipinski definition) is 4. The van der Waals surface area contributed by atoms with E-state index in [2.05, 4.69) is 29.1 Å². The minimum Gasteiger partial charge on any atom is -0.370 e. The van der Waals surface area contributed by atoms with Gasteiger partial charge in [-0.05, 0) is 25.2 Å². The van der Waals surface area contributed by atoms with E-state index in [4.69, 9.17) is 0 Å². The van der Waals surface area contributed by atoms with E-state index in [0.717, 1.165) is 50.6 Å². The largest absolute Gasteiger partial charge is 0.370 e. The lowest BCUT2D eigenvalue weighted by molar-refractivity contribution is 0.0691. The summed E-state index contributed by atoms with van der Waals surface area (Å²) in [6, 6.07) is 1.77. The molecule has 1 amide bonds. The summed E-state index contributed by atoms with van der Waals surface area (Å²) >= 11 is 0. The topological polar surface area (TPSA) is 58.1 Å². The fraction of sp³-hybridized carbons (Fsp3) is 0.688. The second-order valence-corrected chi connectivity index (χ2v) is 5.90. The number of carbonyl (C=O) groups excluding carboxylic acids is 1. The van der Waals surface area contributed by atoms with E-state index in [1.165, 1.54) is 19.2 Å². The van der Waals surface area contributed by atoms with E-state index < -0.39 is 0 Å². The molecule has 0 atom stereocenters. The van der Waals surface area contributed by atoms with Crippen molar-refractivity contribution in [3.05, 3.63) is 18.1 Å². The van der Waals surface area contributed by atoms with Gasteiger partial charge in [0.15, 0.2) is 0 Å². The molecule has 0 spiro atoms. The highest BCUT2D eigenvalue weighted by atomic mass is 16.2. The molecular weight excluding hydrogens is 264 g/mol. The van der Waals surface area contributed by atoms with Gasteiger partial charge in [-0.25, -0.2) is 9.97 Å². The third-order valence-electron chi connectivity index (χ3n) is 4.04. The maximum atomic E-state index is 12.4. The molecule has 0 bridgehead atoms. The monoisotopic (exact) mass is 290 g/mol. The molecule has 116 valence electrons. The van der Waals surface area contributed by atoms with Gasteiger partial charge in [0, 0.05) is 25.7 Å². The van der Waals surface area contributed by atoms with Gasteiger partial charge in [0.25, 0.3) is 5.91 Å². The standard InChI is InChI=1S/C16H26N4O/c1-3-4-5-8-17-15-11-14(18-12-19-15)16(21)20-9-6-13(2)7-10-20/h11-13H,3-10H2,1-2H3,(H,17,18,19). The number of rotatable bonds is 6. The normalized spacial score (nSPS) is 16.0. The van der Waals surface area contributed by atoms with E-state index in [-0.39, 0.29) is 5.91 Å². The minimum atomic E-state index is 0.0286. The molecule has 1 saturated heterocycles. The molecule has 2 rings (SSSR count). The molecule has 0 aromatic carbocycles. The zero-order valence-electron chi connectivity index (χ0n) is 13.1. The zero-order valence-corrected chi connectivity index (χ0v) is 13.1. The number of nitrogens with one attached hydrogen (secondary N) is 1. The number of amides is 1. The number of anilines is 1. The van der Waals surface area contributed by atoms with Gasteiger partial charge in [0.2, 0.25) is 0 Å². The Labute approximate surface area is 127 Å². The maximum Gasteiger partial charge on any atom is 0.272 e. The molecule has 0 saturated carbocycles. The smallest absolute Gasteiger partial charge is 0.272 e. The quantitative estimate of drug-likeness (QED) is 0.818. The van der Waals surface area contributed by atoms with Crippen molar-refractivity contribution in [2.45, 2.75) is 46.0 Å². The second-order valence-electron chi connectivity index (χ2n) is 5.90. The molecule has 5 nitrogen and oxygen atoms in total. The highest BCUT2D eigenvalue weighted by Gasteiger charge is 2.22. The second kappa shape index (κ2) is 7.96. The van der Waals surface area contributed by atoms with E-state index in [9.17, 15) is 4.79 Å². The molecule has 5 heteroatoms. The Kier molecular flexibility index (Phi) is 5.96. The van der Waals surface area contributed by atoms with Crippen LogP contribution in [0.2, 0.25) is 0 Å². The Bertz CT molecular complexity index is 455. The molecular formula is C16H26N4O. The third kappa shape index (κ3) is 4.69. The summed E-state index contributed by atoms with van der Waals surface area (Å²) in [7, 11) is 0. The molecule has 1 fully saturated rings. The molecule has 2 heterocycles. The summed E-state index contributed by atoms with van der Waals surface area (Å²) in [5.74, 6) is 1.49. The predicted octanol–water partition coefficient (Wildman–Crippen LogP) is 2.95. The molecule has 0 unspecified atom stereocenters. The van der Waals surface area contributed by atoms with Crippen LogP contribution in [0, 0.1) is 5.92 Å². The van der Waals surface area contributed by atoms with Crippen LogP contribution in [0.5, 0.6) is 0 Å². The SMILES string of the molecule is CCCCCNc1cc(C(=O)N2CCC(C)CC2)ncn1. The van der Waals surface area contributed by atoms with Gasteiger partial charge in [0.05, 0.1) is 0 Å². The minimum absolute atomic E-state index is 0.0286. The van der Waals surface area contributed by atoms with Crippen molar-refractivity contribution in [3.8, 4) is 0 Å². The number of hydrogen-bond donors (Lipinski definition) is 1. The first-order valence-corrected chi connectivity index (χ1v) is 8.06. The van der Waals surface area contributed by atoms with Crippen LogP contribution in [0.15, 0.2) is 12.4 Å². The van der Waals surface area contributed by atoms with Gasteiger partial charge in [-0.15, -0.1) is 0 Å². The number of unbranched alkanes of at least 4 members (excludes halogenated alkanes) is 2. The average Bonchev–Trinajstić information content (AvgIpc) is 2.52. The molecule has 1 aliphatic heterocycles. The molecule has 1 aromatic heterocycles. The van der Waals surface area contributed by atoms with Gasteiger partial charge >= 0.3 is 0 Å². The van der Waals surface area contributed by atoms with Crippen molar-refractivity contribution >= 4 is 11.7 Å². The van der Waals surface area contributed by atoms with Crippen molar-refractivity contribution < 1.29 is 4.79 Å². The highest BCUT2D eigenvalue weighted by Crippen LogP contribution is 2.18. The van der Waals surface area contributed by atoms with Crippen molar-refractivity contribution in [1.82, 2.24) is 14.9 Å². The zero-order chi connectivity index (χ0) is 15.1. The Morgan fingerprint density at radius 2 is 2.10 bits per heavy atom.